The van der Waals surface area contributed by atoms with Gasteiger partial charge in [0.25, 0.3) is 0 Å². The summed E-state index contributed by atoms with van der Waals surface area (Å²) >= 11 is 0. The molecule has 0 bridgehead atoms. The van der Waals surface area contributed by atoms with Crippen molar-refractivity contribution in [3.8, 4) is 0 Å². The summed E-state index contributed by atoms with van der Waals surface area (Å²) in [4.78, 5) is 22.7. The Morgan fingerprint density at radius 3 is 2.56 bits per heavy atom. The number of amides is 1. The Hall–Kier alpha value is -1.14. The van der Waals surface area contributed by atoms with E-state index in [0.717, 1.165) is 0 Å². The molecule has 6 nitrogen and oxygen atoms in total. The minimum Gasteiger partial charge on any atom is -0.481 e. The van der Waals surface area contributed by atoms with Crippen molar-refractivity contribution < 1.29 is 24.5 Å². The van der Waals surface area contributed by atoms with Crippen LogP contribution >= 0.6 is 0 Å². The summed E-state index contributed by atoms with van der Waals surface area (Å²) in [7, 11) is 1.56. The molecule has 0 heterocycles. The van der Waals surface area contributed by atoms with Crippen LogP contribution in [-0.4, -0.2) is 48.5 Å². The molecule has 1 saturated carbocycles. The first-order valence-corrected chi connectivity index (χ1v) is 6.21. The summed E-state index contributed by atoms with van der Waals surface area (Å²) in [5.41, 5.74) is 0. The zero-order valence-electron chi connectivity index (χ0n) is 10.6. The van der Waals surface area contributed by atoms with E-state index in [1.807, 2.05) is 0 Å². The second kappa shape index (κ2) is 7.33. The summed E-state index contributed by atoms with van der Waals surface area (Å²) in [6, 6.07) is -0.318. The average Bonchev–Trinajstić information content (AvgIpc) is 2.83. The lowest BCUT2D eigenvalue weighted by atomic mass is 10.0. The van der Waals surface area contributed by atoms with Crippen LogP contribution in [0.4, 0.5) is 0 Å². The molecule has 3 N–H and O–H groups in total. The molecule has 1 aliphatic rings. The van der Waals surface area contributed by atoms with Crippen LogP contribution in [0.25, 0.3) is 0 Å². The fourth-order valence-electron chi connectivity index (χ4n) is 2.23. The standard InChI is InChI=1S/C12H21NO5/c1-18-5-4-10(7-14)13-11(15)8-2-3-9(6-8)12(16)17/h8-10,14H,2-7H2,1H3,(H,13,15)(H,16,17). The van der Waals surface area contributed by atoms with E-state index in [0.29, 0.717) is 32.3 Å². The molecule has 1 amide bonds. The number of carbonyl (C=O) groups is 2. The first-order chi connectivity index (χ1) is 8.58. The molecular formula is C12H21NO5. The van der Waals surface area contributed by atoms with E-state index in [1.165, 1.54) is 0 Å². The highest BCUT2D eigenvalue weighted by molar-refractivity contribution is 5.81. The van der Waals surface area contributed by atoms with E-state index in [-0.39, 0.29) is 24.5 Å². The van der Waals surface area contributed by atoms with Gasteiger partial charge in [0.2, 0.25) is 5.91 Å². The molecule has 0 aromatic rings. The van der Waals surface area contributed by atoms with Crippen LogP contribution in [0.1, 0.15) is 25.7 Å². The lowest BCUT2D eigenvalue weighted by Crippen LogP contribution is -2.41. The Morgan fingerprint density at radius 1 is 1.39 bits per heavy atom. The molecule has 104 valence electrons. The summed E-state index contributed by atoms with van der Waals surface area (Å²) in [6.45, 7) is 0.331. The van der Waals surface area contributed by atoms with E-state index < -0.39 is 11.9 Å². The van der Waals surface area contributed by atoms with Gasteiger partial charge in [0, 0.05) is 19.6 Å². The van der Waals surface area contributed by atoms with Crippen LogP contribution in [0.5, 0.6) is 0 Å². The van der Waals surface area contributed by atoms with Crippen LogP contribution in [0, 0.1) is 11.8 Å². The Morgan fingerprint density at radius 2 is 2.06 bits per heavy atom. The van der Waals surface area contributed by atoms with Gasteiger partial charge in [-0.1, -0.05) is 0 Å². The number of carboxylic acid groups (broad SMARTS) is 1. The first-order valence-electron chi connectivity index (χ1n) is 6.21. The zero-order valence-corrected chi connectivity index (χ0v) is 10.6. The van der Waals surface area contributed by atoms with Crippen molar-refractivity contribution in [3.05, 3.63) is 0 Å². The van der Waals surface area contributed by atoms with Crippen molar-refractivity contribution in [2.24, 2.45) is 11.8 Å². The maximum absolute atomic E-state index is 11.9. The van der Waals surface area contributed by atoms with Gasteiger partial charge in [0.05, 0.1) is 18.6 Å². The zero-order chi connectivity index (χ0) is 13.5. The van der Waals surface area contributed by atoms with Gasteiger partial charge in [-0.15, -0.1) is 0 Å². The van der Waals surface area contributed by atoms with E-state index >= 15 is 0 Å². The topological polar surface area (TPSA) is 95.9 Å². The number of hydrogen-bond donors (Lipinski definition) is 3. The van der Waals surface area contributed by atoms with Crippen LogP contribution < -0.4 is 5.32 Å². The van der Waals surface area contributed by atoms with E-state index in [2.05, 4.69) is 5.32 Å². The van der Waals surface area contributed by atoms with Crippen molar-refractivity contribution in [1.82, 2.24) is 5.32 Å². The monoisotopic (exact) mass is 259 g/mol. The Kier molecular flexibility index (Phi) is 6.07. The van der Waals surface area contributed by atoms with E-state index in [1.54, 1.807) is 7.11 Å². The Labute approximate surface area is 106 Å². The molecule has 0 aromatic heterocycles. The van der Waals surface area contributed by atoms with Gasteiger partial charge in [0.1, 0.15) is 0 Å². The maximum Gasteiger partial charge on any atom is 0.306 e. The molecule has 3 unspecified atom stereocenters. The lowest BCUT2D eigenvalue weighted by molar-refractivity contribution is -0.141. The first kappa shape index (κ1) is 14.9. The predicted octanol–water partition coefficient (Wildman–Crippen LogP) is 0.000900. The minimum absolute atomic E-state index is 0.135. The highest BCUT2D eigenvalue weighted by atomic mass is 16.5. The normalized spacial score (nSPS) is 24.8. The summed E-state index contributed by atoms with van der Waals surface area (Å²) in [5, 5.41) is 20.7. The summed E-state index contributed by atoms with van der Waals surface area (Å²) in [6.07, 6.45) is 2.10. The molecule has 3 atom stereocenters. The van der Waals surface area contributed by atoms with Gasteiger partial charge in [-0.2, -0.15) is 0 Å². The van der Waals surface area contributed by atoms with Crippen molar-refractivity contribution in [2.75, 3.05) is 20.3 Å². The number of carboxylic acids is 1. The third kappa shape index (κ3) is 4.27. The highest BCUT2D eigenvalue weighted by Crippen LogP contribution is 2.31. The lowest BCUT2D eigenvalue weighted by Gasteiger charge is -2.18. The van der Waals surface area contributed by atoms with Gasteiger partial charge < -0.3 is 20.3 Å². The SMILES string of the molecule is COCCC(CO)NC(=O)C1CCC(C(=O)O)C1. The number of hydrogen-bond acceptors (Lipinski definition) is 4. The molecule has 1 aliphatic carbocycles. The highest BCUT2D eigenvalue weighted by Gasteiger charge is 2.34. The maximum atomic E-state index is 11.9. The molecule has 0 spiro atoms. The van der Waals surface area contributed by atoms with Crippen molar-refractivity contribution in [3.63, 3.8) is 0 Å². The van der Waals surface area contributed by atoms with Crippen LogP contribution in [0.2, 0.25) is 0 Å². The average molecular weight is 259 g/mol. The van der Waals surface area contributed by atoms with Crippen molar-refractivity contribution in [2.45, 2.75) is 31.7 Å². The Bertz CT molecular complexity index is 294. The molecule has 0 aliphatic heterocycles. The van der Waals surface area contributed by atoms with Gasteiger partial charge in [-0.3, -0.25) is 9.59 Å². The van der Waals surface area contributed by atoms with Crippen LogP contribution in [0.15, 0.2) is 0 Å². The summed E-state index contributed by atoms with van der Waals surface area (Å²) in [5.74, 6) is -1.65. The molecule has 1 rings (SSSR count). The number of rotatable bonds is 7. The molecular weight excluding hydrogens is 238 g/mol. The fraction of sp³-hybridized carbons (Fsp3) is 0.833. The predicted molar refractivity (Wildman–Crippen MR) is 64.0 cm³/mol. The molecule has 0 aromatic carbocycles. The molecule has 6 heteroatoms. The third-order valence-electron chi connectivity index (χ3n) is 3.39. The number of ether oxygens (including phenoxy) is 1. The van der Waals surface area contributed by atoms with Gasteiger partial charge >= 0.3 is 5.97 Å². The molecule has 0 saturated heterocycles. The van der Waals surface area contributed by atoms with Crippen LogP contribution in [0.3, 0.4) is 0 Å². The number of nitrogens with one attached hydrogen (secondary N) is 1. The second-order valence-electron chi connectivity index (χ2n) is 4.71. The minimum atomic E-state index is -0.830. The quantitative estimate of drug-likeness (QED) is 0.598. The number of aliphatic hydroxyl groups is 1. The summed E-state index contributed by atoms with van der Waals surface area (Å²) < 4.78 is 4.89. The third-order valence-corrected chi connectivity index (χ3v) is 3.39. The Balaban J connectivity index is 2.38. The molecule has 18 heavy (non-hydrogen) atoms. The fourth-order valence-corrected chi connectivity index (χ4v) is 2.23. The number of methoxy groups -OCH3 is 1. The number of aliphatic hydroxyl groups excluding tert-OH is 1. The largest absolute Gasteiger partial charge is 0.481 e. The van der Waals surface area contributed by atoms with Crippen molar-refractivity contribution in [1.29, 1.82) is 0 Å². The van der Waals surface area contributed by atoms with Gasteiger partial charge in [-0.25, -0.2) is 0 Å². The smallest absolute Gasteiger partial charge is 0.306 e. The van der Waals surface area contributed by atoms with Gasteiger partial charge in [-0.05, 0) is 25.7 Å². The van der Waals surface area contributed by atoms with Crippen molar-refractivity contribution >= 4 is 11.9 Å². The molecule has 0 radical (unpaired) electrons. The molecule has 1 fully saturated rings. The van der Waals surface area contributed by atoms with E-state index in [9.17, 15) is 9.59 Å². The number of carbonyl (C=O) groups excluding carboxylic acids is 1. The van der Waals surface area contributed by atoms with Crippen LogP contribution in [-0.2, 0) is 14.3 Å². The number of aliphatic carboxylic acids is 1. The second-order valence-corrected chi connectivity index (χ2v) is 4.71. The van der Waals surface area contributed by atoms with E-state index in [4.69, 9.17) is 14.9 Å². The van der Waals surface area contributed by atoms with Gasteiger partial charge in [0.15, 0.2) is 0 Å².